The van der Waals surface area contributed by atoms with Gasteiger partial charge in [0, 0.05) is 69.0 Å². The number of aromatic nitrogens is 2. The van der Waals surface area contributed by atoms with Gasteiger partial charge in [-0.15, -0.1) is 0 Å². The van der Waals surface area contributed by atoms with Crippen LogP contribution in [0.1, 0.15) is 24.0 Å². The lowest BCUT2D eigenvalue weighted by Crippen LogP contribution is -2.52. The van der Waals surface area contributed by atoms with E-state index in [1.807, 2.05) is 6.07 Å². The number of rotatable bonds is 9. The molecule has 42 heavy (non-hydrogen) atoms. The fourth-order valence-corrected chi connectivity index (χ4v) is 6.71. The second kappa shape index (κ2) is 13.0. The molecular formula is C30H40ClN7O3S. The molecule has 0 unspecified atom stereocenters. The van der Waals surface area contributed by atoms with Crippen LogP contribution in [0.15, 0.2) is 42.6 Å². The van der Waals surface area contributed by atoms with Crippen LogP contribution in [0.2, 0.25) is 5.02 Å². The SMILES string of the molecule is COc1cc(N2CCC(N3CCN(C)CC3)CC2)c(C)cc1Nc1ncc(Cl)c(Nc2ccccc2CS(C)(=O)=O)n1. The molecule has 12 heteroatoms. The Hall–Kier alpha value is -3.12. The van der Waals surface area contributed by atoms with E-state index in [0.29, 0.717) is 39.8 Å². The number of para-hydroxylation sites is 1. The first-order valence-corrected chi connectivity index (χ1v) is 16.7. The number of methoxy groups -OCH3 is 1. The number of anilines is 5. The van der Waals surface area contributed by atoms with Crippen molar-refractivity contribution in [3.8, 4) is 5.75 Å². The minimum absolute atomic E-state index is 0.0969. The summed E-state index contributed by atoms with van der Waals surface area (Å²) in [6.45, 7) is 8.76. The molecule has 0 aliphatic carbocycles. The van der Waals surface area contributed by atoms with Crippen LogP contribution in [-0.4, -0.2) is 93.9 Å². The number of piperazine rings is 1. The van der Waals surface area contributed by atoms with Crippen LogP contribution in [0.4, 0.5) is 28.8 Å². The zero-order valence-electron chi connectivity index (χ0n) is 24.7. The van der Waals surface area contributed by atoms with Crippen molar-refractivity contribution >= 4 is 50.3 Å². The quantitative estimate of drug-likeness (QED) is 0.353. The van der Waals surface area contributed by atoms with Gasteiger partial charge < -0.3 is 25.2 Å². The molecule has 0 bridgehead atoms. The van der Waals surface area contributed by atoms with Crippen LogP contribution in [0, 0.1) is 6.92 Å². The number of nitrogens with zero attached hydrogens (tertiary/aromatic N) is 5. The minimum atomic E-state index is -3.22. The molecule has 0 spiro atoms. The van der Waals surface area contributed by atoms with Gasteiger partial charge in [0.25, 0.3) is 0 Å². The fraction of sp³-hybridized carbons (Fsp3) is 0.467. The first kappa shape index (κ1) is 30.3. The van der Waals surface area contributed by atoms with Gasteiger partial charge in [-0.05, 0) is 50.1 Å². The molecule has 2 fully saturated rings. The average molecular weight is 614 g/mol. The molecular weight excluding hydrogens is 574 g/mol. The molecule has 2 N–H and O–H groups in total. The van der Waals surface area contributed by atoms with E-state index in [4.69, 9.17) is 16.3 Å². The lowest BCUT2D eigenvalue weighted by atomic mass is 10.0. The molecule has 3 heterocycles. The monoisotopic (exact) mass is 613 g/mol. The third-order valence-corrected chi connectivity index (χ3v) is 9.17. The van der Waals surface area contributed by atoms with Crippen molar-refractivity contribution in [1.29, 1.82) is 0 Å². The Morgan fingerprint density at radius 2 is 1.74 bits per heavy atom. The standard InChI is InChI=1S/C30H40ClN7O3S/c1-21-17-26(28(41-3)18-27(21)38-11-9-23(10-12-38)37-15-13-36(2)14-16-37)34-30-32-19-24(31)29(35-30)33-25-8-6-5-7-22(25)20-42(4,39)40/h5-8,17-19,23H,9-16,20H2,1-4H3,(H2,32,33,34,35). The maximum Gasteiger partial charge on any atom is 0.229 e. The van der Waals surface area contributed by atoms with Crippen LogP contribution in [-0.2, 0) is 15.6 Å². The number of hydrogen-bond acceptors (Lipinski definition) is 10. The van der Waals surface area contributed by atoms with E-state index in [9.17, 15) is 8.42 Å². The second-order valence-electron chi connectivity index (χ2n) is 11.3. The van der Waals surface area contributed by atoms with Crippen molar-refractivity contribution < 1.29 is 13.2 Å². The smallest absolute Gasteiger partial charge is 0.229 e. The number of sulfone groups is 1. The summed E-state index contributed by atoms with van der Waals surface area (Å²) in [4.78, 5) is 16.5. The van der Waals surface area contributed by atoms with Gasteiger partial charge in [-0.2, -0.15) is 4.98 Å². The lowest BCUT2D eigenvalue weighted by Gasteiger charge is -2.43. The Morgan fingerprint density at radius 1 is 1.02 bits per heavy atom. The molecule has 0 amide bonds. The topological polar surface area (TPSA) is 103 Å². The molecule has 0 atom stereocenters. The summed E-state index contributed by atoms with van der Waals surface area (Å²) in [7, 11) is 0.639. The van der Waals surface area contributed by atoms with Gasteiger partial charge in [-0.25, -0.2) is 13.4 Å². The number of nitrogens with one attached hydrogen (secondary N) is 2. The molecule has 2 aliphatic heterocycles. The summed E-state index contributed by atoms with van der Waals surface area (Å²) >= 11 is 6.42. The number of hydrogen-bond donors (Lipinski definition) is 2. The van der Waals surface area contributed by atoms with E-state index in [-0.39, 0.29) is 5.75 Å². The van der Waals surface area contributed by atoms with Gasteiger partial charge >= 0.3 is 0 Å². The number of benzene rings is 2. The third kappa shape index (κ3) is 7.44. The lowest BCUT2D eigenvalue weighted by molar-refractivity contribution is 0.0982. The van der Waals surface area contributed by atoms with Crippen molar-refractivity contribution in [1.82, 2.24) is 19.8 Å². The predicted molar refractivity (Wildman–Crippen MR) is 171 cm³/mol. The first-order valence-electron chi connectivity index (χ1n) is 14.3. The molecule has 2 saturated heterocycles. The highest BCUT2D eigenvalue weighted by molar-refractivity contribution is 7.89. The summed E-state index contributed by atoms with van der Waals surface area (Å²) < 4.78 is 29.6. The minimum Gasteiger partial charge on any atom is -0.494 e. The Bertz CT molecular complexity index is 1500. The Labute approximate surface area is 254 Å². The Kier molecular flexibility index (Phi) is 9.41. The molecule has 1 aromatic heterocycles. The highest BCUT2D eigenvalue weighted by atomic mass is 35.5. The van der Waals surface area contributed by atoms with Crippen LogP contribution in [0.25, 0.3) is 0 Å². The summed E-state index contributed by atoms with van der Waals surface area (Å²) in [6, 6.07) is 12.0. The van der Waals surface area contributed by atoms with Gasteiger partial charge in [0.15, 0.2) is 15.7 Å². The maximum absolute atomic E-state index is 11.9. The normalized spacial score (nSPS) is 17.3. The molecule has 2 aromatic carbocycles. The van der Waals surface area contributed by atoms with E-state index in [0.717, 1.165) is 63.4 Å². The first-order chi connectivity index (χ1) is 20.1. The fourth-order valence-electron chi connectivity index (χ4n) is 5.76. The summed E-state index contributed by atoms with van der Waals surface area (Å²) in [5, 5.41) is 6.78. The molecule has 10 nitrogen and oxygen atoms in total. The van der Waals surface area contributed by atoms with E-state index in [1.165, 1.54) is 18.1 Å². The highest BCUT2D eigenvalue weighted by Gasteiger charge is 2.27. The van der Waals surface area contributed by atoms with Crippen molar-refractivity contribution in [3.05, 3.63) is 58.7 Å². The number of halogens is 1. The number of ether oxygens (including phenoxy) is 1. The molecule has 3 aromatic rings. The van der Waals surface area contributed by atoms with E-state index < -0.39 is 9.84 Å². The second-order valence-corrected chi connectivity index (χ2v) is 13.8. The summed E-state index contributed by atoms with van der Waals surface area (Å²) in [5.41, 5.74) is 4.31. The molecule has 0 radical (unpaired) electrons. The van der Waals surface area contributed by atoms with Gasteiger partial charge in [-0.1, -0.05) is 29.8 Å². The molecule has 5 rings (SSSR count). The summed E-state index contributed by atoms with van der Waals surface area (Å²) in [5.74, 6) is 1.30. The van der Waals surface area contributed by atoms with Gasteiger partial charge in [0.2, 0.25) is 5.95 Å². The van der Waals surface area contributed by atoms with E-state index in [1.54, 1.807) is 25.3 Å². The Morgan fingerprint density at radius 3 is 2.43 bits per heavy atom. The number of likely N-dealkylation sites (N-methyl/N-ethyl adjacent to an activating group) is 1. The third-order valence-electron chi connectivity index (χ3n) is 8.06. The van der Waals surface area contributed by atoms with Crippen molar-refractivity contribution in [2.45, 2.75) is 31.6 Å². The molecule has 2 aliphatic rings. The average Bonchev–Trinajstić information content (AvgIpc) is 2.96. The van der Waals surface area contributed by atoms with Gasteiger partial charge in [0.05, 0.1) is 24.7 Å². The highest BCUT2D eigenvalue weighted by Crippen LogP contribution is 2.36. The number of piperidine rings is 1. The van der Waals surface area contributed by atoms with Crippen LogP contribution in [0.3, 0.4) is 0 Å². The largest absolute Gasteiger partial charge is 0.494 e. The number of aryl methyl sites for hydroxylation is 1. The maximum atomic E-state index is 11.9. The summed E-state index contributed by atoms with van der Waals surface area (Å²) in [6.07, 6.45) is 5.04. The zero-order valence-corrected chi connectivity index (χ0v) is 26.3. The van der Waals surface area contributed by atoms with Gasteiger partial charge in [-0.3, -0.25) is 4.90 Å². The Balaban J connectivity index is 1.30. The van der Waals surface area contributed by atoms with Crippen LogP contribution in [0.5, 0.6) is 5.75 Å². The van der Waals surface area contributed by atoms with Crippen LogP contribution < -0.4 is 20.3 Å². The zero-order chi connectivity index (χ0) is 29.9. The van der Waals surface area contributed by atoms with Crippen LogP contribution >= 0.6 is 11.6 Å². The van der Waals surface area contributed by atoms with E-state index in [2.05, 4.69) is 61.4 Å². The predicted octanol–water partition coefficient (Wildman–Crippen LogP) is 4.70. The van der Waals surface area contributed by atoms with Crippen molar-refractivity contribution in [3.63, 3.8) is 0 Å². The van der Waals surface area contributed by atoms with Crippen molar-refractivity contribution in [2.75, 3.05) is 75.2 Å². The van der Waals surface area contributed by atoms with Gasteiger partial charge in [0.1, 0.15) is 10.8 Å². The van der Waals surface area contributed by atoms with Crippen molar-refractivity contribution in [2.24, 2.45) is 0 Å². The molecule has 226 valence electrons. The molecule has 0 saturated carbocycles. The van der Waals surface area contributed by atoms with E-state index >= 15 is 0 Å².